The van der Waals surface area contributed by atoms with E-state index in [0.717, 1.165) is 12.1 Å². The summed E-state index contributed by atoms with van der Waals surface area (Å²) in [7, 11) is 0. The number of nitrogens with zero attached hydrogens (tertiary/aromatic N) is 1. The van der Waals surface area contributed by atoms with Gasteiger partial charge in [0.1, 0.15) is 0 Å². The van der Waals surface area contributed by atoms with Gasteiger partial charge in [0.2, 0.25) is 0 Å². The zero-order valence-corrected chi connectivity index (χ0v) is 10.5. The molecule has 0 aliphatic carbocycles. The number of rotatable bonds is 6. The van der Waals surface area contributed by atoms with E-state index < -0.39 is 23.3 Å². The topological polar surface area (TPSA) is 60.8 Å². The molecule has 0 amide bonds. The molecule has 0 aliphatic rings. The lowest BCUT2D eigenvalue weighted by atomic mass is 10.1. The van der Waals surface area contributed by atoms with Gasteiger partial charge >= 0.3 is 12.1 Å². The van der Waals surface area contributed by atoms with Crippen LogP contribution < -0.4 is 4.90 Å². The number of aliphatic hydroxyl groups is 1. The molecular formula is C13H14F3NO3. The molecule has 0 aromatic heterocycles. The van der Waals surface area contributed by atoms with Crippen molar-refractivity contribution in [2.75, 3.05) is 24.6 Å². The van der Waals surface area contributed by atoms with Crippen molar-refractivity contribution >= 4 is 11.7 Å². The highest BCUT2D eigenvalue weighted by molar-refractivity contribution is 5.90. The molecule has 0 atom stereocenters. The molecule has 0 saturated carbocycles. The zero-order valence-electron chi connectivity index (χ0n) is 10.5. The number of halogens is 3. The first-order valence-electron chi connectivity index (χ1n) is 5.72. The molecule has 0 radical (unpaired) electrons. The van der Waals surface area contributed by atoms with Crippen LogP contribution in [0.5, 0.6) is 0 Å². The van der Waals surface area contributed by atoms with Gasteiger partial charge in [0, 0.05) is 18.8 Å². The number of alkyl halides is 3. The summed E-state index contributed by atoms with van der Waals surface area (Å²) in [5, 5.41) is 17.7. The molecule has 20 heavy (non-hydrogen) atoms. The van der Waals surface area contributed by atoms with E-state index in [4.69, 9.17) is 10.2 Å². The summed E-state index contributed by atoms with van der Waals surface area (Å²) in [6, 6.07) is 2.95. The van der Waals surface area contributed by atoms with Crippen molar-refractivity contribution in [3.05, 3.63) is 42.0 Å². The third kappa shape index (κ3) is 3.74. The molecule has 0 heterocycles. The van der Waals surface area contributed by atoms with Crippen molar-refractivity contribution < 1.29 is 28.2 Å². The Balaban J connectivity index is 3.30. The number of carboxylic acid groups (broad SMARTS) is 1. The van der Waals surface area contributed by atoms with Crippen molar-refractivity contribution in [3.63, 3.8) is 0 Å². The number of carboxylic acids is 1. The van der Waals surface area contributed by atoms with Crippen molar-refractivity contribution in [2.45, 2.75) is 6.18 Å². The van der Waals surface area contributed by atoms with Crippen molar-refractivity contribution in [2.24, 2.45) is 0 Å². The van der Waals surface area contributed by atoms with E-state index in [9.17, 15) is 18.0 Å². The highest BCUT2D eigenvalue weighted by Crippen LogP contribution is 2.34. The van der Waals surface area contributed by atoms with Crippen LogP contribution in [0.15, 0.2) is 30.9 Å². The predicted molar refractivity (Wildman–Crippen MR) is 67.9 cm³/mol. The lowest BCUT2D eigenvalue weighted by Gasteiger charge is -2.23. The predicted octanol–water partition coefficient (Wildman–Crippen LogP) is 2.39. The van der Waals surface area contributed by atoms with E-state index in [1.807, 2.05) is 0 Å². The fourth-order valence-electron chi connectivity index (χ4n) is 1.75. The van der Waals surface area contributed by atoms with Gasteiger partial charge in [-0.2, -0.15) is 13.2 Å². The van der Waals surface area contributed by atoms with Crippen molar-refractivity contribution in [1.82, 2.24) is 0 Å². The average Bonchev–Trinajstić information content (AvgIpc) is 2.36. The number of hydrogen-bond acceptors (Lipinski definition) is 3. The molecule has 0 unspecified atom stereocenters. The molecule has 4 nitrogen and oxygen atoms in total. The fourth-order valence-corrected chi connectivity index (χ4v) is 1.75. The van der Waals surface area contributed by atoms with Gasteiger partial charge in [0.05, 0.1) is 17.7 Å². The van der Waals surface area contributed by atoms with E-state index in [2.05, 4.69) is 6.58 Å². The second kappa shape index (κ2) is 6.42. The van der Waals surface area contributed by atoms with E-state index in [-0.39, 0.29) is 25.4 Å². The molecule has 7 heteroatoms. The Morgan fingerprint density at radius 3 is 2.50 bits per heavy atom. The Kier molecular flexibility index (Phi) is 5.15. The minimum absolute atomic E-state index is 0.121. The van der Waals surface area contributed by atoms with E-state index in [1.165, 1.54) is 17.0 Å². The normalized spacial score (nSPS) is 11.2. The summed E-state index contributed by atoms with van der Waals surface area (Å²) in [4.78, 5) is 12.3. The molecule has 110 valence electrons. The summed E-state index contributed by atoms with van der Waals surface area (Å²) in [6.07, 6.45) is -3.28. The van der Waals surface area contributed by atoms with Gasteiger partial charge in [-0.15, -0.1) is 6.58 Å². The van der Waals surface area contributed by atoms with Crippen LogP contribution in [0.2, 0.25) is 0 Å². The molecule has 2 N–H and O–H groups in total. The van der Waals surface area contributed by atoms with E-state index in [1.54, 1.807) is 0 Å². The third-order valence-corrected chi connectivity index (χ3v) is 2.62. The van der Waals surface area contributed by atoms with Gasteiger partial charge in [-0.05, 0) is 18.2 Å². The molecule has 0 spiro atoms. The first-order chi connectivity index (χ1) is 9.31. The molecule has 0 aliphatic heterocycles. The number of hydrogen-bond donors (Lipinski definition) is 2. The van der Waals surface area contributed by atoms with Crippen molar-refractivity contribution in [3.8, 4) is 0 Å². The monoisotopic (exact) mass is 289 g/mol. The van der Waals surface area contributed by atoms with Crippen molar-refractivity contribution in [1.29, 1.82) is 0 Å². The summed E-state index contributed by atoms with van der Waals surface area (Å²) in [5.74, 6) is -1.64. The second-order valence-electron chi connectivity index (χ2n) is 3.99. The Labute approximate surface area is 113 Å². The maximum absolute atomic E-state index is 12.9. The largest absolute Gasteiger partial charge is 0.478 e. The highest BCUT2D eigenvalue weighted by Gasteiger charge is 2.35. The molecule has 1 aromatic rings. The summed E-state index contributed by atoms with van der Waals surface area (Å²) < 4.78 is 38.6. The van der Waals surface area contributed by atoms with Crippen LogP contribution in [-0.2, 0) is 6.18 Å². The second-order valence-corrected chi connectivity index (χ2v) is 3.99. The maximum Gasteiger partial charge on any atom is 0.417 e. The van der Waals surface area contributed by atoms with Gasteiger partial charge in [-0.3, -0.25) is 0 Å². The van der Waals surface area contributed by atoms with Gasteiger partial charge in [0.15, 0.2) is 0 Å². The van der Waals surface area contributed by atoms with Crippen LogP contribution in [0.25, 0.3) is 0 Å². The molecule has 0 fully saturated rings. The fraction of sp³-hybridized carbons (Fsp3) is 0.308. The summed E-state index contributed by atoms with van der Waals surface area (Å²) >= 11 is 0. The van der Waals surface area contributed by atoms with Gasteiger partial charge < -0.3 is 15.1 Å². The molecule has 1 aromatic carbocycles. The standard InChI is InChI=1S/C13H14F3NO3/c1-2-5-17(6-7-18)9-3-4-10(12(19)20)11(8-9)13(14,15)16/h2-4,8,18H,1,5-7H2,(H,19,20). The van der Waals surface area contributed by atoms with Crippen LogP contribution in [0.4, 0.5) is 18.9 Å². The SMILES string of the molecule is C=CCN(CCO)c1ccc(C(=O)O)c(C(F)(F)F)c1. The number of aromatic carboxylic acids is 1. The van der Waals surface area contributed by atoms with Gasteiger partial charge in [0.25, 0.3) is 0 Å². The third-order valence-electron chi connectivity index (χ3n) is 2.62. The quantitative estimate of drug-likeness (QED) is 0.789. The first kappa shape index (κ1) is 16.0. The number of aliphatic hydroxyl groups excluding tert-OH is 1. The van der Waals surface area contributed by atoms with Crippen LogP contribution >= 0.6 is 0 Å². The highest BCUT2D eigenvalue weighted by atomic mass is 19.4. The van der Waals surface area contributed by atoms with E-state index in [0.29, 0.717) is 0 Å². The number of benzene rings is 1. The summed E-state index contributed by atoms with van der Waals surface area (Å²) in [6.45, 7) is 3.61. The van der Waals surface area contributed by atoms with Gasteiger partial charge in [-0.1, -0.05) is 6.08 Å². The van der Waals surface area contributed by atoms with Crippen LogP contribution in [-0.4, -0.2) is 35.9 Å². The van der Waals surface area contributed by atoms with Crippen LogP contribution in [0.3, 0.4) is 0 Å². The maximum atomic E-state index is 12.9. The van der Waals surface area contributed by atoms with Crippen LogP contribution in [0, 0.1) is 0 Å². The molecular weight excluding hydrogens is 275 g/mol. The lowest BCUT2D eigenvalue weighted by molar-refractivity contribution is -0.138. The molecule has 1 rings (SSSR count). The first-order valence-corrected chi connectivity index (χ1v) is 5.72. The van der Waals surface area contributed by atoms with E-state index >= 15 is 0 Å². The molecule has 0 saturated heterocycles. The number of anilines is 1. The Bertz CT molecular complexity index is 500. The zero-order chi connectivity index (χ0) is 15.3. The number of carbonyl (C=O) groups is 1. The summed E-state index contributed by atoms with van der Waals surface area (Å²) in [5.41, 5.74) is -1.84. The average molecular weight is 289 g/mol. The smallest absolute Gasteiger partial charge is 0.417 e. The van der Waals surface area contributed by atoms with Crippen LogP contribution in [0.1, 0.15) is 15.9 Å². The molecule has 0 bridgehead atoms. The minimum atomic E-state index is -4.76. The lowest BCUT2D eigenvalue weighted by Crippen LogP contribution is -2.27. The van der Waals surface area contributed by atoms with Gasteiger partial charge in [-0.25, -0.2) is 4.79 Å². The Hall–Kier alpha value is -2.02. The Morgan fingerprint density at radius 1 is 1.40 bits per heavy atom. The Morgan fingerprint density at radius 2 is 2.05 bits per heavy atom. The minimum Gasteiger partial charge on any atom is -0.478 e.